The van der Waals surface area contributed by atoms with Crippen LogP contribution in [-0.4, -0.2) is 28.6 Å². The van der Waals surface area contributed by atoms with Crippen LogP contribution in [0, 0.1) is 0 Å². The van der Waals surface area contributed by atoms with Crippen LogP contribution in [0.1, 0.15) is 47.5 Å². The lowest BCUT2D eigenvalue weighted by Crippen LogP contribution is -2.46. The summed E-state index contributed by atoms with van der Waals surface area (Å²) in [6.45, 7) is 3.00. The van der Waals surface area contributed by atoms with Crippen LogP contribution in [0.2, 0.25) is 0 Å². The first-order valence-corrected chi connectivity index (χ1v) is 10.5. The molecule has 2 heterocycles. The molecule has 1 fully saturated rings. The number of carboxylic acid groups (broad SMARTS) is 1. The molecule has 4 heteroatoms. The highest BCUT2D eigenvalue weighted by molar-refractivity contribution is 7.12. The van der Waals surface area contributed by atoms with Gasteiger partial charge in [0.1, 0.15) is 6.04 Å². The van der Waals surface area contributed by atoms with E-state index in [0.29, 0.717) is 0 Å². The van der Waals surface area contributed by atoms with Crippen molar-refractivity contribution < 1.29 is 9.90 Å². The van der Waals surface area contributed by atoms with E-state index in [1.807, 2.05) is 11.3 Å². The molecule has 1 saturated heterocycles. The number of rotatable bonds is 5. The van der Waals surface area contributed by atoms with Gasteiger partial charge in [-0.15, -0.1) is 11.3 Å². The van der Waals surface area contributed by atoms with Crippen LogP contribution in [0.4, 0.5) is 0 Å². The van der Waals surface area contributed by atoms with E-state index >= 15 is 0 Å². The Balaban J connectivity index is 1.82. The summed E-state index contributed by atoms with van der Waals surface area (Å²) in [5, 5.41) is 12.3. The Hall–Kier alpha value is -2.17. The highest BCUT2D eigenvalue weighted by Gasteiger charge is 2.35. The molecule has 0 saturated carbocycles. The molecule has 1 aliphatic heterocycles. The SMILES string of the molecule is CCc1ccc(C(c2ccc3ccccc3c2)N2CCCCC2C(=O)O)s1. The quantitative estimate of drug-likeness (QED) is 0.637. The van der Waals surface area contributed by atoms with E-state index in [1.165, 1.54) is 26.1 Å². The van der Waals surface area contributed by atoms with Crippen molar-refractivity contribution in [1.82, 2.24) is 4.90 Å². The minimum atomic E-state index is -0.701. The predicted octanol–water partition coefficient (Wildman–Crippen LogP) is 5.49. The first kappa shape index (κ1) is 18.2. The summed E-state index contributed by atoms with van der Waals surface area (Å²) in [4.78, 5) is 16.8. The second-order valence-corrected chi connectivity index (χ2v) is 8.45. The van der Waals surface area contributed by atoms with Gasteiger partial charge in [0.25, 0.3) is 0 Å². The third kappa shape index (κ3) is 3.64. The zero-order chi connectivity index (χ0) is 18.8. The number of likely N-dealkylation sites (tertiary alicyclic amines) is 1. The van der Waals surface area contributed by atoms with Crippen LogP contribution in [0.3, 0.4) is 0 Å². The van der Waals surface area contributed by atoms with E-state index in [2.05, 4.69) is 66.4 Å². The normalized spacial score (nSPS) is 19.2. The van der Waals surface area contributed by atoms with Crippen molar-refractivity contribution in [2.75, 3.05) is 6.54 Å². The number of carbonyl (C=O) groups is 1. The van der Waals surface area contributed by atoms with E-state index in [0.717, 1.165) is 32.2 Å². The minimum Gasteiger partial charge on any atom is -0.480 e. The molecule has 0 spiro atoms. The Morgan fingerprint density at radius 1 is 1.15 bits per heavy atom. The highest BCUT2D eigenvalue weighted by Crippen LogP contribution is 2.38. The maximum atomic E-state index is 12.0. The van der Waals surface area contributed by atoms with Crippen LogP contribution in [0.15, 0.2) is 54.6 Å². The minimum absolute atomic E-state index is 0.00121. The van der Waals surface area contributed by atoms with Crippen LogP contribution in [-0.2, 0) is 11.2 Å². The molecule has 2 atom stereocenters. The predicted molar refractivity (Wildman–Crippen MR) is 111 cm³/mol. The molecular formula is C23H25NO2S. The summed E-state index contributed by atoms with van der Waals surface area (Å²) < 4.78 is 0. The Kier molecular flexibility index (Phi) is 5.28. The Bertz CT molecular complexity index is 948. The fourth-order valence-corrected chi connectivity index (χ4v) is 5.26. The Labute approximate surface area is 164 Å². The van der Waals surface area contributed by atoms with Crippen LogP contribution < -0.4 is 0 Å². The maximum absolute atomic E-state index is 12.0. The lowest BCUT2D eigenvalue weighted by Gasteiger charge is -2.39. The third-order valence-electron chi connectivity index (χ3n) is 5.55. The van der Waals surface area contributed by atoms with E-state index in [9.17, 15) is 9.90 Å². The van der Waals surface area contributed by atoms with Crippen LogP contribution in [0.5, 0.6) is 0 Å². The van der Waals surface area contributed by atoms with E-state index in [1.54, 1.807) is 0 Å². The molecular weight excluding hydrogens is 354 g/mol. The molecule has 0 bridgehead atoms. The number of carboxylic acids is 1. The average Bonchev–Trinajstić information content (AvgIpc) is 3.17. The van der Waals surface area contributed by atoms with Crippen molar-refractivity contribution in [2.45, 2.75) is 44.7 Å². The largest absolute Gasteiger partial charge is 0.480 e. The number of hydrogen-bond donors (Lipinski definition) is 1. The van der Waals surface area contributed by atoms with E-state index in [4.69, 9.17) is 0 Å². The molecule has 3 nitrogen and oxygen atoms in total. The van der Waals surface area contributed by atoms with Gasteiger partial charge >= 0.3 is 5.97 Å². The highest BCUT2D eigenvalue weighted by atomic mass is 32.1. The van der Waals surface area contributed by atoms with Gasteiger partial charge in [-0.3, -0.25) is 9.69 Å². The second kappa shape index (κ2) is 7.83. The van der Waals surface area contributed by atoms with Gasteiger partial charge in [0.15, 0.2) is 0 Å². The third-order valence-corrected chi connectivity index (χ3v) is 6.83. The van der Waals surface area contributed by atoms with Crippen LogP contribution in [0.25, 0.3) is 10.8 Å². The summed E-state index contributed by atoms with van der Waals surface area (Å²) in [6, 6.07) is 18.9. The van der Waals surface area contributed by atoms with Crippen molar-refractivity contribution in [3.05, 3.63) is 69.9 Å². The van der Waals surface area contributed by atoms with Crippen LogP contribution >= 0.6 is 11.3 Å². The molecule has 4 rings (SSSR count). The number of piperidine rings is 1. The molecule has 0 radical (unpaired) electrons. The van der Waals surface area contributed by atoms with Crippen molar-refractivity contribution in [1.29, 1.82) is 0 Å². The standard InChI is InChI=1S/C23H25NO2S/c1-2-19-12-13-21(27-19)22(24-14-6-5-9-20(24)23(25)26)18-11-10-16-7-3-4-8-17(16)15-18/h3-4,7-8,10-13,15,20,22H,2,5-6,9,14H2,1H3,(H,25,26). The fraction of sp³-hybridized carbons (Fsp3) is 0.348. The Morgan fingerprint density at radius 3 is 2.70 bits per heavy atom. The average molecular weight is 380 g/mol. The zero-order valence-corrected chi connectivity index (χ0v) is 16.4. The summed E-state index contributed by atoms with van der Waals surface area (Å²) in [7, 11) is 0. The van der Waals surface area contributed by atoms with E-state index < -0.39 is 12.0 Å². The number of thiophene rings is 1. The molecule has 140 valence electrons. The molecule has 1 N–H and O–H groups in total. The summed E-state index contributed by atoms with van der Waals surface area (Å²) >= 11 is 1.81. The summed E-state index contributed by atoms with van der Waals surface area (Å²) in [5.41, 5.74) is 1.19. The number of aryl methyl sites for hydroxylation is 1. The first-order chi connectivity index (χ1) is 13.2. The molecule has 0 aliphatic carbocycles. The van der Waals surface area contributed by atoms with Gasteiger partial charge in [-0.05, 0) is 60.3 Å². The smallest absolute Gasteiger partial charge is 0.320 e. The number of aliphatic carboxylic acids is 1. The van der Waals surface area contributed by atoms with Crippen molar-refractivity contribution >= 4 is 28.1 Å². The van der Waals surface area contributed by atoms with Gasteiger partial charge in [-0.25, -0.2) is 0 Å². The molecule has 27 heavy (non-hydrogen) atoms. The maximum Gasteiger partial charge on any atom is 0.320 e. The second-order valence-electron chi connectivity index (χ2n) is 7.25. The van der Waals surface area contributed by atoms with Gasteiger partial charge in [-0.2, -0.15) is 0 Å². The number of nitrogens with zero attached hydrogens (tertiary/aromatic N) is 1. The van der Waals surface area contributed by atoms with Gasteiger partial charge in [-0.1, -0.05) is 49.7 Å². The Morgan fingerprint density at radius 2 is 1.96 bits per heavy atom. The van der Waals surface area contributed by atoms with Crippen molar-refractivity contribution in [3.63, 3.8) is 0 Å². The van der Waals surface area contributed by atoms with E-state index in [-0.39, 0.29) is 6.04 Å². The summed E-state index contributed by atoms with van der Waals surface area (Å²) in [6.07, 6.45) is 3.78. The molecule has 2 aromatic carbocycles. The summed E-state index contributed by atoms with van der Waals surface area (Å²) in [5.74, 6) is -0.701. The van der Waals surface area contributed by atoms with Gasteiger partial charge < -0.3 is 5.11 Å². The molecule has 0 amide bonds. The fourth-order valence-electron chi connectivity index (χ4n) is 4.16. The van der Waals surface area contributed by atoms with Gasteiger partial charge in [0.2, 0.25) is 0 Å². The van der Waals surface area contributed by atoms with Gasteiger partial charge in [0, 0.05) is 9.75 Å². The first-order valence-electron chi connectivity index (χ1n) is 9.73. The number of hydrogen-bond acceptors (Lipinski definition) is 3. The number of fused-ring (bicyclic) bond motifs is 1. The van der Waals surface area contributed by atoms with Crippen molar-refractivity contribution in [3.8, 4) is 0 Å². The zero-order valence-electron chi connectivity index (χ0n) is 15.6. The number of benzene rings is 2. The topological polar surface area (TPSA) is 40.5 Å². The molecule has 2 unspecified atom stereocenters. The molecule has 3 aromatic rings. The lowest BCUT2D eigenvalue weighted by atomic mass is 9.94. The van der Waals surface area contributed by atoms with Gasteiger partial charge in [0.05, 0.1) is 6.04 Å². The molecule has 1 aliphatic rings. The molecule has 1 aromatic heterocycles. The lowest BCUT2D eigenvalue weighted by molar-refractivity contribution is -0.145. The van der Waals surface area contributed by atoms with Crippen molar-refractivity contribution in [2.24, 2.45) is 0 Å². The monoisotopic (exact) mass is 379 g/mol.